The molecule has 2 aromatic rings. The van der Waals surface area contributed by atoms with Gasteiger partial charge in [0.1, 0.15) is 6.54 Å². The number of amides is 1. The fraction of sp³-hybridized carbons (Fsp3) is 0.474. The Morgan fingerprint density at radius 3 is 2.67 bits per heavy atom. The van der Waals surface area contributed by atoms with E-state index in [-0.39, 0.29) is 29.9 Å². The molecule has 8 heteroatoms. The number of fused-ring (bicyclic) bond motifs is 1. The lowest BCUT2D eigenvalue weighted by atomic mass is 10.1. The third-order valence-corrected chi connectivity index (χ3v) is 6.09. The normalized spacial score (nSPS) is 17.6. The molecule has 0 radical (unpaired) electrons. The van der Waals surface area contributed by atoms with Crippen molar-refractivity contribution in [3.63, 3.8) is 0 Å². The van der Waals surface area contributed by atoms with Gasteiger partial charge in [0.25, 0.3) is 0 Å². The van der Waals surface area contributed by atoms with Crippen LogP contribution in [0.4, 0.5) is 0 Å². The number of para-hydroxylation sites is 1. The standard InChI is InChI=1S/C19H25N3O4S/c1-3-15-5-4-6-16-17(13(2)23)10-22(19(15)16)11-18(24)21-8-7-14(9-21)12-27(20,25)26/h4-6,10,14H,3,7-9,11-12H2,1-2H3,(H2,20,25,26)/t14-/m0/s1. The molecule has 1 saturated heterocycles. The maximum Gasteiger partial charge on any atom is 0.242 e. The maximum absolute atomic E-state index is 12.8. The van der Waals surface area contributed by atoms with Crippen molar-refractivity contribution in [3.8, 4) is 0 Å². The lowest BCUT2D eigenvalue weighted by Crippen LogP contribution is -2.33. The summed E-state index contributed by atoms with van der Waals surface area (Å²) in [6.07, 6.45) is 3.18. The molecule has 1 aromatic heterocycles. The number of nitrogens with two attached hydrogens (primary N) is 1. The molecule has 27 heavy (non-hydrogen) atoms. The van der Waals surface area contributed by atoms with E-state index in [1.807, 2.05) is 29.7 Å². The molecule has 1 aliphatic heterocycles. The summed E-state index contributed by atoms with van der Waals surface area (Å²) in [7, 11) is -3.54. The van der Waals surface area contributed by atoms with Crippen LogP contribution in [0.25, 0.3) is 10.9 Å². The highest BCUT2D eigenvalue weighted by molar-refractivity contribution is 7.89. The Kier molecular flexibility index (Phi) is 5.39. The molecule has 1 amide bonds. The molecule has 7 nitrogen and oxygen atoms in total. The SMILES string of the molecule is CCc1cccc2c(C(C)=O)cn(CC(=O)N3CC[C@H](CS(N)(=O)=O)C3)c12. The van der Waals surface area contributed by atoms with Crippen molar-refractivity contribution in [3.05, 3.63) is 35.5 Å². The number of carbonyl (C=O) groups excluding carboxylic acids is 2. The van der Waals surface area contributed by atoms with Crippen LogP contribution in [0.1, 0.15) is 36.2 Å². The van der Waals surface area contributed by atoms with E-state index in [0.29, 0.717) is 25.1 Å². The van der Waals surface area contributed by atoms with E-state index in [4.69, 9.17) is 5.14 Å². The fourth-order valence-corrected chi connectivity index (χ4v) is 4.83. The number of likely N-dealkylation sites (tertiary alicyclic amines) is 1. The van der Waals surface area contributed by atoms with Crippen molar-refractivity contribution in [1.82, 2.24) is 9.47 Å². The van der Waals surface area contributed by atoms with Gasteiger partial charge in [0, 0.05) is 30.2 Å². The van der Waals surface area contributed by atoms with Crippen molar-refractivity contribution in [2.75, 3.05) is 18.8 Å². The van der Waals surface area contributed by atoms with Gasteiger partial charge in [-0.2, -0.15) is 0 Å². The van der Waals surface area contributed by atoms with Gasteiger partial charge in [-0.25, -0.2) is 13.6 Å². The van der Waals surface area contributed by atoms with Crippen LogP contribution in [-0.4, -0.2) is 48.4 Å². The van der Waals surface area contributed by atoms with Gasteiger partial charge in [0.15, 0.2) is 5.78 Å². The third-order valence-electron chi connectivity index (χ3n) is 5.15. The molecule has 1 atom stereocenters. The maximum atomic E-state index is 12.8. The lowest BCUT2D eigenvalue weighted by Gasteiger charge is -2.18. The quantitative estimate of drug-likeness (QED) is 0.755. The summed E-state index contributed by atoms with van der Waals surface area (Å²) in [5.74, 6) is -0.333. The first kappa shape index (κ1) is 19.6. The van der Waals surface area contributed by atoms with Gasteiger partial charge in [0.05, 0.1) is 11.3 Å². The topological polar surface area (TPSA) is 102 Å². The van der Waals surface area contributed by atoms with Crippen LogP contribution < -0.4 is 5.14 Å². The number of hydrogen-bond donors (Lipinski definition) is 1. The summed E-state index contributed by atoms with van der Waals surface area (Å²) in [4.78, 5) is 26.5. The van der Waals surface area contributed by atoms with Crippen LogP contribution in [0.15, 0.2) is 24.4 Å². The lowest BCUT2D eigenvalue weighted by molar-refractivity contribution is -0.130. The first-order valence-electron chi connectivity index (χ1n) is 9.09. The minimum atomic E-state index is -3.54. The molecule has 2 heterocycles. The van der Waals surface area contributed by atoms with E-state index in [9.17, 15) is 18.0 Å². The second-order valence-electron chi connectivity index (χ2n) is 7.22. The molecular weight excluding hydrogens is 366 g/mol. The van der Waals surface area contributed by atoms with Crippen LogP contribution in [0.3, 0.4) is 0 Å². The zero-order valence-electron chi connectivity index (χ0n) is 15.6. The Hall–Kier alpha value is -2.19. The van der Waals surface area contributed by atoms with E-state index >= 15 is 0 Å². The van der Waals surface area contributed by atoms with Crippen molar-refractivity contribution in [2.24, 2.45) is 11.1 Å². The van der Waals surface area contributed by atoms with Gasteiger partial charge >= 0.3 is 0 Å². The van der Waals surface area contributed by atoms with Crippen LogP contribution in [0.2, 0.25) is 0 Å². The summed E-state index contributed by atoms with van der Waals surface area (Å²) >= 11 is 0. The Morgan fingerprint density at radius 2 is 2.04 bits per heavy atom. The first-order valence-corrected chi connectivity index (χ1v) is 10.8. The van der Waals surface area contributed by atoms with Crippen molar-refractivity contribution in [1.29, 1.82) is 0 Å². The number of nitrogens with zero attached hydrogens (tertiary/aromatic N) is 2. The molecule has 1 aliphatic rings. The van der Waals surface area contributed by atoms with E-state index in [2.05, 4.69) is 0 Å². The molecular formula is C19H25N3O4S. The molecule has 0 aliphatic carbocycles. The zero-order chi connectivity index (χ0) is 19.8. The predicted molar refractivity (Wildman–Crippen MR) is 104 cm³/mol. The second-order valence-corrected chi connectivity index (χ2v) is 8.88. The Balaban J connectivity index is 1.84. The Labute approximate surface area is 159 Å². The average Bonchev–Trinajstić information content (AvgIpc) is 3.18. The number of sulfonamides is 1. The third kappa shape index (κ3) is 4.22. The fourth-order valence-electron chi connectivity index (χ4n) is 3.90. The zero-order valence-corrected chi connectivity index (χ0v) is 16.5. The highest BCUT2D eigenvalue weighted by Crippen LogP contribution is 2.26. The number of ketones is 1. The number of aromatic nitrogens is 1. The highest BCUT2D eigenvalue weighted by Gasteiger charge is 2.29. The van der Waals surface area contributed by atoms with E-state index < -0.39 is 10.0 Å². The van der Waals surface area contributed by atoms with Crippen LogP contribution >= 0.6 is 0 Å². The number of hydrogen-bond acceptors (Lipinski definition) is 4. The van der Waals surface area contributed by atoms with Gasteiger partial charge in [-0.05, 0) is 31.2 Å². The highest BCUT2D eigenvalue weighted by atomic mass is 32.2. The van der Waals surface area contributed by atoms with Crippen molar-refractivity contribution < 1.29 is 18.0 Å². The number of Topliss-reactive ketones (excluding diaryl/α,β-unsaturated/α-hetero) is 1. The molecule has 0 unspecified atom stereocenters. The predicted octanol–water partition coefficient (Wildman–Crippen LogP) is 1.54. The number of carbonyl (C=O) groups is 2. The van der Waals surface area contributed by atoms with Crippen LogP contribution in [0, 0.1) is 5.92 Å². The molecule has 0 bridgehead atoms. The van der Waals surface area contributed by atoms with Gasteiger partial charge in [-0.1, -0.05) is 25.1 Å². The van der Waals surface area contributed by atoms with Crippen molar-refractivity contribution >= 4 is 32.6 Å². The van der Waals surface area contributed by atoms with Crippen LogP contribution in [0.5, 0.6) is 0 Å². The molecule has 146 valence electrons. The Bertz CT molecular complexity index is 994. The van der Waals surface area contributed by atoms with Gasteiger partial charge in [-0.15, -0.1) is 0 Å². The number of aryl methyl sites for hydroxylation is 1. The minimum absolute atomic E-state index is 0.0335. The summed E-state index contributed by atoms with van der Waals surface area (Å²) in [6.45, 7) is 4.62. The van der Waals surface area contributed by atoms with Gasteiger partial charge in [-0.3, -0.25) is 9.59 Å². The molecule has 1 fully saturated rings. The van der Waals surface area contributed by atoms with Crippen LogP contribution in [-0.2, 0) is 27.8 Å². The number of primary sulfonamides is 1. The van der Waals surface area contributed by atoms with Gasteiger partial charge in [0.2, 0.25) is 15.9 Å². The second kappa shape index (κ2) is 7.44. The minimum Gasteiger partial charge on any atom is -0.341 e. The number of benzene rings is 1. The smallest absolute Gasteiger partial charge is 0.242 e. The largest absolute Gasteiger partial charge is 0.341 e. The summed E-state index contributed by atoms with van der Waals surface area (Å²) < 4.78 is 24.4. The van der Waals surface area contributed by atoms with E-state index in [1.54, 1.807) is 11.1 Å². The Morgan fingerprint density at radius 1 is 1.30 bits per heavy atom. The monoisotopic (exact) mass is 391 g/mol. The summed E-state index contributed by atoms with van der Waals surface area (Å²) in [5.41, 5.74) is 2.61. The molecule has 0 saturated carbocycles. The molecule has 3 rings (SSSR count). The van der Waals surface area contributed by atoms with Gasteiger partial charge < -0.3 is 9.47 Å². The summed E-state index contributed by atoms with van der Waals surface area (Å²) in [5, 5.41) is 5.98. The number of rotatable bonds is 6. The van der Waals surface area contributed by atoms with Crippen molar-refractivity contribution in [2.45, 2.75) is 33.2 Å². The van der Waals surface area contributed by atoms with E-state index in [1.165, 1.54) is 6.92 Å². The summed E-state index contributed by atoms with van der Waals surface area (Å²) in [6, 6.07) is 5.84. The average molecular weight is 391 g/mol. The molecule has 2 N–H and O–H groups in total. The van der Waals surface area contributed by atoms with E-state index in [0.717, 1.165) is 22.9 Å². The first-order chi connectivity index (χ1) is 12.7. The molecule has 1 aromatic carbocycles. The molecule has 0 spiro atoms.